The fraction of sp³-hybridized carbons (Fsp3) is 0.0588. The van der Waals surface area contributed by atoms with Crippen molar-refractivity contribution in [2.75, 3.05) is 0 Å². The van der Waals surface area contributed by atoms with Crippen LogP contribution < -0.4 is 0 Å². The summed E-state index contributed by atoms with van der Waals surface area (Å²) in [5.74, 6) is 0.306. The van der Waals surface area contributed by atoms with Crippen molar-refractivity contribution >= 4 is 23.8 Å². The fourth-order valence-electron chi connectivity index (χ4n) is 1.68. The summed E-state index contributed by atoms with van der Waals surface area (Å²) in [5.41, 5.74) is 1.96. The maximum atomic E-state index is 9.59. The molecule has 2 rings (SSSR count). The van der Waals surface area contributed by atoms with Gasteiger partial charge in [-0.1, -0.05) is 66.2 Å². The van der Waals surface area contributed by atoms with Gasteiger partial charge in [0.25, 0.3) is 0 Å². The van der Waals surface area contributed by atoms with Crippen LogP contribution in [0.2, 0.25) is 5.02 Å². The van der Waals surface area contributed by atoms with Gasteiger partial charge in [-0.2, -0.15) is 0 Å². The Morgan fingerprint density at radius 3 is 2.32 bits per heavy atom. The average molecular weight is 271 g/mol. The number of aromatic hydroxyl groups is 1. The number of hydrogen-bond donors (Lipinski definition) is 1. The maximum absolute atomic E-state index is 9.59. The topological polar surface area (TPSA) is 20.2 Å². The van der Waals surface area contributed by atoms with E-state index in [0.717, 1.165) is 22.6 Å². The Morgan fingerprint density at radius 1 is 0.895 bits per heavy atom. The standard InChI is InChI=1S/C17H15ClO/c18-16-12-10-14(11-13-16)6-2-1-3-7-15-8-4-5-9-17(15)19/h2-13,19H,1H2. The van der Waals surface area contributed by atoms with Gasteiger partial charge >= 0.3 is 0 Å². The van der Waals surface area contributed by atoms with Crippen molar-refractivity contribution in [3.05, 3.63) is 76.8 Å². The lowest BCUT2D eigenvalue weighted by molar-refractivity contribution is 0.474. The van der Waals surface area contributed by atoms with Gasteiger partial charge < -0.3 is 5.11 Å². The molecular weight excluding hydrogens is 256 g/mol. The normalized spacial score (nSPS) is 11.4. The number of halogens is 1. The molecular formula is C17H15ClO. The molecule has 2 heteroatoms. The Balaban J connectivity index is 1.90. The van der Waals surface area contributed by atoms with E-state index < -0.39 is 0 Å². The molecule has 0 aromatic heterocycles. The van der Waals surface area contributed by atoms with Gasteiger partial charge in [0.15, 0.2) is 0 Å². The Hall–Kier alpha value is -1.99. The van der Waals surface area contributed by atoms with Crippen LogP contribution in [0.25, 0.3) is 12.2 Å². The zero-order valence-electron chi connectivity index (χ0n) is 10.5. The van der Waals surface area contributed by atoms with Gasteiger partial charge in [0.05, 0.1) is 0 Å². The molecule has 0 aliphatic heterocycles. The molecule has 0 aliphatic rings. The third-order valence-corrected chi connectivity index (χ3v) is 2.94. The van der Waals surface area contributed by atoms with Crippen molar-refractivity contribution in [1.82, 2.24) is 0 Å². The Kier molecular flexibility index (Phi) is 4.82. The van der Waals surface area contributed by atoms with Crippen LogP contribution in [0.1, 0.15) is 17.5 Å². The van der Waals surface area contributed by atoms with Gasteiger partial charge in [-0.3, -0.25) is 0 Å². The number of hydrogen-bond acceptors (Lipinski definition) is 1. The lowest BCUT2D eigenvalue weighted by Crippen LogP contribution is -1.72. The summed E-state index contributed by atoms with van der Waals surface area (Å²) >= 11 is 5.82. The van der Waals surface area contributed by atoms with Gasteiger partial charge in [-0.25, -0.2) is 0 Å². The summed E-state index contributed by atoms with van der Waals surface area (Å²) in [7, 11) is 0. The third kappa shape index (κ3) is 4.31. The smallest absolute Gasteiger partial charge is 0.122 e. The van der Waals surface area contributed by atoms with Crippen molar-refractivity contribution in [1.29, 1.82) is 0 Å². The Morgan fingerprint density at radius 2 is 1.58 bits per heavy atom. The van der Waals surface area contributed by atoms with Gasteiger partial charge in [0.1, 0.15) is 5.75 Å². The third-order valence-electron chi connectivity index (χ3n) is 2.69. The van der Waals surface area contributed by atoms with Crippen LogP contribution in [0.4, 0.5) is 0 Å². The van der Waals surface area contributed by atoms with Crippen LogP contribution in [0.15, 0.2) is 60.7 Å². The zero-order chi connectivity index (χ0) is 13.5. The van der Waals surface area contributed by atoms with Gasteiger partial charge in [-0.15, -0.1) is 0 Å². The van der Waals surface area contributed by atoms with E-state index >= 15 is 0 Å². The molecule has 0 saturated heterocycles. The van der Waals surface area contributed by atoms with E-state index in [2.05, 4.69) is 6.08 Å². The number of benzene rings is 2. The predicted octanol–water partition coefficient (Wildman–Crippen LogP) is 5.16. The molecule has 0 spiro atoms. The van der Waals surface area contributed by atoms with Gasteiger partial charge in [0.2, 0.25) is 0 Å². The SMILES string of the molecule is Oc1ccccc1C=CCC=Cc1ccc(Cl)cc1. The zero-order valence-corrected chi connectivity index (χ0v) is 11.2. The molecule has 0 bridgehead atoms. The van der Waals surface area contributed by atoms with Crippen molar-refractivity contribution in [2.24, 2.45) is 0 Å². The number of para-hydroxylation sites is 1. The number of phenolic OH excluding ortho intramolecular Hbond substituents is 1. The highest BCUT2D eigenvalue weighted by molar-refractivity contribution is 6.30. The molecule has 1 nitrogen and oxygen atoms in total. The molecule has 0 aliphatic carbocycles. The summed E-state index contributed by atoms with van der Waals surface area (Å²) < 4.78 is 0. The molecule has 2 aromatic carbocycles. The first-order valence-electron chi connectivity index (χ1n) is 6.12. The van der Waals surface area contributed by atoms with Crippen LogP contribution in [-0.2, 0) is 0 Å². The van der Waals surface area contributed by atoms with Crippen molar-refractivity contribution in [2.45, 2.75) is 6.42 Å². The highest BCUT2D eigenvalue weighted by Gasteiger charge is 1.92. The summed E-state index contributed by atoms with van der Waals surface area (Å²) in [5, 5.41) is 10.3. The van der Waals surface area contributed by atoms with E-state index in [1.807, 2.05) is 60.7 Å². The van der Waals surface area contributed by atoms with Crippen LogP contribution >= 0.6 is 11.6 Å². The van der Waals surface area contributed by atoms with Gasteiger partial charge in [-0.05, 0) is 30.2 Å². The number of allylic oxidation sites excluding steroid dienone is 2. The number of rotatable bonds is 4. The fourth-order valence-corrected chi connectivity index (χ4v) is 1.81. The van der Waals surface area contributed by atoms with E-state index in [9.17, 15) is 5.11 Å². The van der Waals surface area contributed by atoms with E-state index in [1.54, 1.807) is 6.07 Å². The quantitative estimate of drug-likeness (QED) is 0.813. The first-order chi connectivity index (χ1) is 9.25. The first-order valence-corrected chi connectivity index (χ1v) is 6.50. The largest absolute Gasteiger partial charge is 0.507 e. The van der Waals surface area contributed by atoms with Gasteiger partial charge in [0, 0.05) is 10.6 Å². The number of phenols is 1. The Bertz CT molecular complexity index is 582. The van der Waals surface area contributed by atoms with E-state index in [4.69, 9.17) is 11.6 Å². The second kappa shape index (κ2) is 6.81. The maximum Gasteiger partial charge on any atom is 0.122 e. The molecule has 19 heavy (non-hydrogen) atoms. The lowest BCUT2D eigenvalue weighted by Gasteiger charge is -1.96. The summed E-state index contributed by atoms with van der Waals surface area (Å²) in [6.45, 7) is 0. The molecule has 0 amide bonds. The highest BCUT2D eigenvalue weighted by atomic mass is 35.5. The van der Waals surface area contributed by atoms with Crippen molar-refractivity contribution in [3.63, 3.8) is 0 Å². The molecule has 1 N–H and O–H groups in total. The first kappa shape index (κ1) is 13.4. The van der Waals surface area contributed by atoms with Crippen LogP contribution in [0.5, 0.6) is 5.75 Å². The minimum Gasteiger partial charge on any atom is -0.507 e. The van der Waals surface area contributed by atoms with Crippen LogP contribution in [-0.4, -0.2) is 5.11 Å². The molecule has 96 valence electrons. The van der Waals surface area contributed by atoms with E-state index in [1.165, 1.54) is 0 Å². The molecule has 0 fully saturated rings. The van der Waals surface area contributed by atoms with E-state index in [0.29, 0.717) is 5.75 Å². The second-order valence-corrected chi connectivity index (χ2v) is 4.59. The summed E-state index contributed by atoms with van der Waals surface area (Å²) in [4.78, 5) is 0. The predicted molar refractivity (Wildman–Crippen MR) is 82.2 cm³/mol. The van der Waals surface area contributed by atoms with Crippen molar-refractivity contribution in [3.8, 4) is 5.75 Å². The molecule has 0 atom stereocenters. The average Bonchev–Trinajstić information content (AvgIpc) is 2.42. The summed E-state index contributed by atoms with van der Waals surface area (Å²) in [6.07, 6.45) is 8.87. The van der Waals surface area contributed by atoms with Crippen molar-refractivity contribution < 1.29 is 5.11 Å². The lowest BCUT2D eigenvalue weighted by atomic mass is 10.1. The molecule has 0 unspecified atom stereocenters. The minimum absolute atomic E-state index is 0.306. The van der Waals surface area contributed by atoms with E-state index in [-0.39, 0.29) is 0 Å². The molecule has 2 aromatic rings. The Labute approximate surface area is 118 Å². The molecule has 0 radical (unpaired) electrons. The minimum atomic E-state index is 0.306. The monoisotopic (exact) mass is 270 g/mol. The van der Waals surface area contributed by atoms with Crippen LogP contribution in [0.3, 0.4) is 0 Å². The second-order valence-electron chi connectivity index (χ2n) is 4.15. The molecule has 0 saturated carbocycles. The van der Waals surface area contributed by atoms with Crippen LogP contribution in [0, 0.1) is 0 Å². The summed E-state index contributed by atoms with van der Waals surface area (Å²) in [6, 6.07) is 15.0. The molecule has 0 heterocycles. The highest BCUT2D eigenvalue weighted by Crippen LogP contribution is 2.17.